The molecule has 0 aromatic carbocycles. The topological polar surface area (TPSA) is 78.1 Å². The molecular formula is C9H12BN4O2. The first-order chi connectivity index (χ1) is 7.79. The summed E-state index contributed by atoms with van der Waals surface area (Å²) < 4.78 is 0. The normalized spacial score (nSPS) is 20.6. The summed E-state index contributed by atoms with van der Waals surface area (Å²) in [6.07, 6.45) is 3.15. The van der Waals surface area contributed by atoms with E-state index in [4.69, 9.17) is 0 Å². The van der Waals surface area contributed by atoms with Gasteiger partial charge in [-0.15, -0.1) is 0 Å². The van der Waals surface area contributed by atoms with Crippen molar-refractivity contribution in [2.24, 2.45) is 0 Å². The highest BCUT2D eigenvalue weighted by molar-refractivity contribution is 6.64. The third kappa shape index (κ3) is 2.49. The van der Waals surface area contributed by atoms with E-state index < -0.39 is 0 Å². The Balaban J connectivity index is 1.83. The summed E-state index contributed by atoms with van der Waals surface area (Å²) >= 11 is 0. The second-order valence-corrected chi connectivity index (χ2v) is 3.71. The summed E-state index contributed by atoms with van der Waals surface area (Å²) in [6, 6.07) is 1.71. The van der Waals surface area contributed by atoms with E-state index in [9.17, 15) is 9.59 Å². The molecule has 0 saturated carbocycles. The minimum Gasteiger partial charge on any atom is -0.347 e. The second kappa shape index (κ2) is 4.93. The maximum absolute atomic E-state index is 11.6. The number of aromatic amines is 1. The zero-order chi connectivity index (χ0) is 11.4. The van der Waals surface area contributed by atoms with Crippen LogP contribution in [0.1, 0.15) is 16.9 Å². The van der Waals surface area contributed by atoms with Gasteiger partial charge in [0.25, 0.3) is 13.3 Å². The van der Waals surface area contributed by atoms with Crippen LogP contribution in [0, 0.1) is 0 Å². The van der Waals surface area contributed by atoms with Crippen LogP contribution in [0.2, 0.25) is 0 Å². The Kier molecular flexibility index (Phi) is 3.35. The third-order valence-electron chi connectivity index (χ3n) is 2.57. The van der Waals surface area contributed by atoms with Crippen molar-refractivity contribution in [3.05, 3.63) is 18.0 Å². The van der Waals surface area contributed by atoms with Crippen LogP contribution < -0.4 is 5.32 Å². The Labute approximate surface area is 93.7 Å². The highest BCUT2D eigenvalue weighted by Crippen LogP contribution is 2.07. The number of nitrogens with zero attached hydrogens (tertiary/aromatic N) is 2. The summed E-state index contributed by atoms with van der Waals surface area (Å²) in [4.78, 5) is 23.8. The molecule has 2 N–H and O–H groups in total. The number of carbonyl (C=O) groups is 2. The molecule has 0 unspecified atom stereocenters. The van der Waals surface area contributed by atoms with E-state index in [-0.39, 0.29) is 11.9 Å². The fourth-order valence-electron chi connectivity index (χ4n) is 1.77. The monoisotopic (exact) mass is 219 g/mol. The predicted octanol–water partition coefficient (Wildman–Crippen LogP) is -0.977. The number of H-pyrrole nitrogens is 1. The number of rotatable bonds is 4. The van der Waals surface area contributed by atoms with Crippen molar-refractivity contribution in [3.8, 4) is 0 Å². The second-order valence-electron chi connectivity index (χ2n) is 3.71. The summed E-state index contributed by atoms with van der Waals surface area (Å²) in [5.74, 6) is -0.157. The fourth-order valence-corrected chi connectivity index (χ4v) is 1.77. The Bertz CT molecular complexity index is 368. The van der Waals surface area contributed by atoms with Gasteiger partial charge in [0.1, 0.15) is 5.69 Å². The van der Waals surface area contributed by atoms with Crippen molar-refractivity contribution in [2.75, 3.05) is 13.1 Å². The smallest absolute Gasteiger partial charge is 0.293 e. The van der Waals surface area contributed by atoms with Crippen LogP contribution in [0.3, 0.4) is 0 Å². The van der Waals surface area contributed by atoms with E-state index in [2.05, 4.69) is 15.5 Å². The van der Waals surface area contributed by atoms with E-state index in [0.717, 1.165) is 19.2 Å². The van der Waals surface area contributed by atoms with Crippen LogP contribution in [0.4, 0.5) is 0 Å². The molecule has 1 aliphatic rings. The summed E-state index contributed by atoms with van der Waals surface area (Å²) in [5.41, 5.74) is 0.456. The third-order valence-corrected chi connectivity index (χ3v) is 2.57. The zero-order valence-corrected chi connectivity index (χ0v) is 8.72. The number of carbonyl (C=O) groups excluding carboxylic acids is 2. The van der Waals surface area contributed by atoms with Crippen LogP contribution in [0.5, 0.6) is 0 Å². The molecule has 1 fully saturated rings. The number of hydrogen-bond donors (Lipinski definition) is 2. The summed E-state index contributed by atoms with van der Waals surface area (Å²) in [5, 5.41) is 9.20. The lowest BCUT2D eigenvalue weighted by molar-refractivity contribution is 0.0934. The van der Waals surface area contributed by atoms with Gasteiger partial charge in [0.15, 0.2) is 0 Å². The van der Waals surface area contributed by atoms with Crippen LogP contribution >= 0.6 is 0 Å². The molecule has 0 aliphatic carbocycles. The molecule has 1 aromatic heterocycles. The quantitative estimate of drug-likeness (QED) is 0.504. The van der Waals surface area contributed by atoms with Crippen LogP contribution in [0.15, 0.2) is 12.3 Å². The first-order valence-corrected chi connectivity index (χ1v) is 5.12. The fraction of sp³-hybridized carbons (Fsp3) is 0.444. The van der Waals surface area contributed by atoms with Crippen LogP contribution in [-0.4, -0.2) is 53.6 Å². The lowest BCUT2D eigenvalue weighted by Gasteiger charge is -2.13. The maximum Gasteiger partial charge on any atom is 0.293 e. The highest BCUT2D eigenvalue weighted by Gasteiger charge is 2.24. The van der Waals surface area contributed by atoms with E-state index in [1.54, 1.807) is 6.07 Å². The molecule has 7 heteroatoms. The van der Waals surface area contributed by atoms with Gasteiger partial charge in [0, 0.05) is 18.8 Å². The molecule has 1 saturated heterocycles. The van der Waals surface area contributed by atoms with Crippen molar-refractivity contribution in [1.82, 2.24) is 20.3 Å². The maximum atomic E-state index is 11.6. The molecule has 1 atom stereocenters. The van der Waals surface area contributed by atoms with Gasteiger partial charge < -0.3 is 14.9 Å². The minimum atomic E-state index is -0.157. The predicted molar refractivity (Wildman–Crippen MR) is 58.5 cm³/mol. The largest absolute Gasteiger partial charge is 0.347 e. The standard InChI is InChI=1S/C9H12BN4O2/c15-6-10-14-4-2-7(5-14)12-9(16)8-1-3-11-13-8/h1,3,6-7H,2,4-5H2,(H,11,13)(H,12,16)/t7-/m0/s1. The van der Waals surface area contributed by atoms with Crippen molar-refractivity contribution in [1.29, 1.82) is 0 Å². The van der Waals surface area contributed by atoms with Gasteiger partial charge in [-0.3, -0.25) is 9.89 Å². The summed E-state index contributed by atoms with van der Waals surface area (Å²) in [6.45, 7) is 1.48. The van der Waals surface area contributed by atoms with Gasteiger partial charge in [0.2, 0.25) is 0 Å². The minimum absolute atomic E-state index is 0.0898. The first kappa shape index (κ1) is 10.9. The number of amides is 1. The number of hydrogen-bond acceptors (Lipinski definition) is 4. The molecule has 1 radical (unpaired) electrons. The number of nitrogens with one attached hydrogen (secondary N) is 2. The van der Waals surface area contributed by atoms with Crippen LogP contribution in [0.25, 0.3) is 0 Å². The molecule has 0 spiro atoms. The molecular weight excluding hydrogens is 207 g/mol. The van der Waals surface area contributed by atoms with Gasteiger partial charge in [-0.25, -0.2) is 0 Å². The van der Waals surface area contributed by atoms with E-state index in [0.29, 0.717) is 12.2 Å². The molecule has 1 amide bonds. The highest BCUT2D eigenvalue weighted by atomic mass is 16.2. The Morgan fingerprint density at radius 2 is 2.62 bits per heavy atom. The molecule has 1 aliphatic heterocycles. The zero-order valence-electron chi connectivity index (χ0n) is 8.72. The summed E-state index contributed by atoms with van der Waals surface area (Å²) in [7, 11) is 1.50. The Hall–Kier alpha value is -1.63. The average Bonchev–Trinajstić information content (AvgIpc) is 2.89. The van der Waals surface area contributed by atoms with Crippen LogP contribution in [-0.2, 0) is 4.79 Å². The van der Waals surface area contributed by atoms with Gasteiger partial charge in [-0.05, 0) is 19.0 Å². The molecule has 2 heterocycles. The molecule has 16 heavy (non-hydrogen) atoms. The van der Waals surface area contributed by atoms with Gasteiger partial charge >= 0.3 is 0 Å². The SMILES string of the molecule is O=C[B]N1CC[C@H](NC(=O)c2ccn[nH]2)C1. The molecule has 2 rings (SSSR count). The Morgan fingerprint density at radius 3 is 3.31 bits per heavy atom. The van der Waals surface area contributed by atoms with E-state index in [1.165, 1.54) is 13.6 Å². The molecule has 1 aromatic rings. The van der Waals surface area contributed by atoms with Gasteiger partial charge in [-0.1, -0.05) is 0 Å². The average molecular weight is 219 g/mol. The van der Waals surface area contributed by atoms with E-state index in [1.807, 2.05) is 4.81 Å². The molecule has 6 nitrogen and oxygen atoms in total. The lowest BCUT2D eigenvalue weighted by atomic mass is 9.96. The van der Waals surface area contributed by atoms with Crippen molar-refractivity contribution in [3.63, 3.8) is 0 Å². The lowest BCUT2D eigenvalue weighted by Crippen LogP contribution is -2.38. The van der Waals surface area contributed by atoms with Crippen molar-refractivity contribution < 1.29 is 9.59 Å². The van der Waals surface area contributed by atoms with Crippen molar-refractivity contribution >= 4 is 19.5 Å². The van der Waals surface area contributed by atoms with Crippen molar-refractivity contribution in [2.45, 2.75) is 12.5 Å². The van der Waals surface area contributed by atoms with E-state index >= 15 is 0 Å². The Morgan fingerprint density at radius 1 is 1.75 bits per heavy atom. The number of aromatic nitrogens is 2. The molecule has 83 valence electrons. The van der Waals surface area contributed by atoms with Gasteiger partial charge in [-0.2, -0.15) is 5.10 Å². The van der Waals surface area contributed by atoms with Gasteiger partial charge in [0.05, 0.1) is 6.19 Å². The first-order valence-electron chi connectivity index (χ1n) is 5.12. The molecule has 0 bridgehead atoms.